The number of alkyl halides is 6. The van der Waals surface area contributed by atoms with Crippen LogP contribution in [0.4, 0.5) is 30.7 Å². The van der Waals surface area contributed by atoms with Crippen LogP contribution in [-0.2, 0) is 17.1 Å². The van der Waals surface area contributed by atoms with Crippen molar-refractivity contribution < 1.29 is 45.1 Å². The number of hydrogen-bond donors (Lipinski definition) is 2. The highest BCUT2D eigenvalue weighted by Crippen LogP contribution is 2.38. The molecule has 0 unspecified atom stereocenters. The van der Waals surface area contributed by atoms with Crippen LogP contribution in [0.5, 0.6) is 5.75 Å². The van der Waals surface area contributed by atoms with E-state index in [0.717, 1.165) is 12.1 Å². The minimum atomic E-state index is -5.07. The molecular weight excluding hydrogens is 413 g/mol. The average molecular weight is 424 g/mol. The monoisotopic (exact) mass is 424 g/mol. The maximum atomic E-state index is 13.4. The minimum Gasteiger partial charge on any atom is -0.484 e. The topological polar surface area (TPSA) is 67.4 Å². The smallest absolute Gasteiger partial charge is 0.416 e. The van der Waals surface area contributed by atoms with E-state index in [4.69, 9.17) is 0 Å². The van der Waals surface area contributed by atoms with Crippen LogP contribution in [0, 0.1) is 5.82 Å². The van der Waals surface area contributed by atoms with Crippen molar-refractivity contribution in [3.8, 4) is 5.75 Å². The van der Waals surface area contributed by atoms with Gasteiger partial charge in [0.1, 0.15) is 11.6 Å². The Bertz CT molecular complexity index is 878. The van der Waals surface area contributed by atoms with Crippen molar-refractivity contribution in [1.82, 2.24) is 10.9 Å². The lowest BCUT2D eigenvalue weighted by Gasteiger charge is -2.15. The number of carbonyl (C=O) groups is 2. The van der Waals surface area contributed by atoms with Gasteiger partial charge in [0, 0.05) is 0 Å². The van der Waals surface area contributed by atoms with E-state index in [1.54, 1.807) is 5.43 Å². The van der Waals surface area contributed by atoms with Crippen LogP contribution >= 0.6 is 0 Å². The molecule has 0 bridgehead atoms. The van der Waals surface area contributed by atoms with Gasteiger partial charge in [0.2, 0.25) is 0 Å². The average Bonchev–Trinajstić information content (AvgIpc) is 2.63. The van der Waals surface area contributed by atoms with Crippen molar-refractivity contribution in [1.29, 1.82) is 0 Å². The third kappa shape index (κ3) is 6.09. The normalized spacial score (nSPS) is 11.7. The summed E-state index contributed by atoms with van der Waals surface area (Å²) in [5, 5.41) is 0. The van der Waals surface area contributed by atoms with E-state index in [1.165, 1.54) is 12.1 Å². The van der Waals surface area contributed by atoms with Gasteiger partial charge < -0.3 is 4.74 Å². The molecule has 0 aliphatic rings. The SMILES string of the molecule is O=C(COc1cc(C(F)(F)F)cc(C(F)(F)F)c1)NNC(=O)c1ccccc1F. The Labute approximate surface area is 158 Å². The van der Waals surface area contributed by atoms with Gasteiger partial charge in [0.05, 0.1) is 16.7 Å². The molecule has 0 saturated heterocycles. The van der Waals surface area contributed by atoms with Crippen molar-refractivity contribution in [2.45, 2.75) is 12.4 Å². The molecule has 0 heterocycles. The predicted octanol–water partition coefficient (Wildman–Crippen LogP) is 3.70. The zero-order valence-electron chi connectivity index (χ0n) is 14.1. The molecule has 0 saturated carbocycles. The highest BCUT2D eigenvalue weighted by atomic mass is 19.4. The number of halogens is 7. The molecular formula is C17H11F7N2O3. The van der Waals surface area contributed by atoms with Crippen molar-refractivity contribution >= 4 is 11.8 Å². The molecule has 5 nitrogen and oxygen atoms in total. The summed E-state index contributed by atoms with van der Waals surface area (Å²) in [5.41, 5.74) is -0.00973. The lowest BCUT2D eigenvalue weighted by molar-refractivity contribution is -0.143. The number of amides is 2. The number of hydrazine groups is 1. The predicted molar refractivity (Wildman–Crippen MR) is 83.9 cm³/mol. The Hall–Kier alpha value is -3.31. The zero-order valence-corrected chi connectivity index (χ0v) is 14.1. The maximum absolute atomic E-state index is 13.4. The van der Waals surface area contributed by atoms with Crippen LogP contribution < -0.4 is 15.6 Å². The molecule has 2 amide bonds. The van der Waals surface area contributed by atoms with E-state index in [1.807, 2.05) is 5.43 Å². The van der Waals surface area contributed by atoms with Gasteiger partial charge in [0.15, 0.2) is 6.61 Å². The number of carbonyl (C=O) groups excluding carboxylic acids is 2. The van der Waals surface area contributed by atoms with Gasteiger partial charge >= 0.3 is 12.4 Å². The second-order valence-electron chi connectivity index (χ2n) is 5.51. The molecule has 0 atom stereocenters. The molecule has 2 N–H and O–H groups in total. The number of benzene rings is 2. The van der Waals surface area contributed by atoms with Crippen LogP contribution in [0.25, 0.3) is 0 Å². The Morgan fingerprint density at radius 2 is 1.41 bits per heavy atom. The molecule has 0 fully saturated rings. The Morgan fingerprint density at radius 1 is 0.862 bits per heavy atom. The summed E-state index contributed by atoms with van der Waals surface area (Å²) in [5.74, 6) is -3.88. The summed E-state index contributed by atoms with van der Waals surface area (Å²) in [7, 11) is 0. The molecule has 0 spiro atoms. The Kier molecular flexibility index (Phi) is 6.34. The van der Waals surface area contributed by atoms with Gasteiger partial charge in [-0.25, -0.2) is 4.39 Å². The third-order valence-corrected chi connectivity index (χ3v) is 3.37. The van der Waals surface area contributed by atoms with Crippen LogP contribution in [0.15, 0.2) is 42.5 Å². The number of rotatable bonds is 4. The van der Waals surface area contributed by atoms with Gasteiger partial charge in [0.25, 0.3) is 11.8 Å². The quantitative estimate of drug-likeness (QED) is 0.581. The van der Waals surface area contributed by atoms with Crippen molar-refractivity contribution in [3.05, 3.63) is 65.0 Å². The van der Waals surface area contributed by atoms with Crippen LogP contribution in [0.3, 0.4) is 0 Å². The molecule has 0 aliphatic heterocycles. The molecule has 0 aromatic heterocycles. The molecule has 29 heavy (non-hydrogen) atoms. The first-order chi connectivity index (χ1) is 13.4. The van der Waals surface area contributed by atoms with E-state index in [9.17, 15) is 40.3 Å². The fourth-order valence-electron chi connectivity index (χ4n) is 2.03. The molecule has 0 radical (unpaired) electrons. The van der Waals surface area contributed by atoms with Crippen LogP contribution in [0.1, 0.15) is 21.5 Å². The molecule has 2 rings (SSSR count). The fourth-order valence-corrected chi connectivity index (χ4v) is 2.03. The van der Waals surface area contributed by atoms with Crippen LogP contribution in [-0.4, -0.2) is 18.4 Å². The summed E-state index contributed by atoms with van der Waals surface area (Å²) in [6.45, 7) is -1.02. The summed E-state index contributed by atoms with van der Waals surface area (Å²) in [6.07, 6.45) is -10.1. The van der Waals surface area contributed by atoms with Crippen molar-refractivity contribution in [2.24, 2.45) is 0 Å². The van der Waals surface area contributed by atoms with Gasteiger partial charge in [-0.15, -0.1) is 0 Å². The summed E-state index contributed by atoms with van der Waals surface area (Å²) in [6, 6.07) is 5.28. The van der Waals surface area contributed by atoms with Crippen molar-refractivity contribution in [3.63, 3.8) is 0 Å². The summed E-state index contributed by atoms with van der Waals surface area (Å²) >= 11 is 0. The highest BCUT2D eigenvalue weighted by molar-refractivity contribution is 5.95. The van der Waals surface area contributed by atoms with E-state index >= 15 is 0 Å². The molecule has 12 heteroatoms. The van der Waals surface area contributed by atoms with Gasteiger partial charge in [-0.3, -0.25) is 20.4 Å². The second kappa shape index (κ2) is 8.37. The minimum absolute atomic E-state index is 0.0957. The van der Waals surface area contributed by atoms with Crippen molar-refractivity contribution in [2.75, 3.05) is 6.61 Å². The first-order valence-electron chi connectivity index (χ1n) is 7.64. The molecule has 0 aliphatic carbocycles. The largest absolute Gasteiger partial charge is 0.484 e. The summed E-state index contributed by atoms with van der Waals surface area (Å²) in [4.78, 5) is 23.3. The zero-order chi connectivity index (χ0) is 21.8. The third-order valence-electron chi connectivity index (χ3n) is 3.37. The lowest BCUT2D eigenvalue weighted by atomic mass is 10.1. The first kappa shape index (κ1) is 22.0. The Morgan fingerprint density at radius 3 is 1.93 bits per heavy atom. The number of hydrogen-bond acceptors (Lipinski definition) is 3. The first-order valence-corrected chi connectivity index (χ1v) is 7.64. The number of ether oxygens (including phenoxy) is 1. The maximum Gasteiger partial charge on any atom is 0.416 e. The number of nitrogens with one attached hydrogen (secondary N) is 2. The van der Waals surface area contributed by atoms with E-state index in [0.29, 0.717) is 12.1 Å². The van der Waals surface area contributed by atoms with Gasteiger partial charge in [-0.1, -0.05) is 12.1 Å². The van der Waals surface area contributed by atoms with E-state index in [2.05, 4.69) is 4.74 Å². The van der Waals surface area contributed by atoms with E-state index in [-0.39, 0.29) is 6.07 Å². The molecule has 156 valence electrons. The second-order valence-corrected chi connectivity index (χ2v) is 5.51. The molecule has 2 aromatic carbocycles. The van der Waals surface area contributed by atoms with Gasteiger partial charge in [-0.2, -0.15) is 26.3 Å². The Balaban J connectivity index is 2.02. The van der Waals surface area contributed by atoms with E-state index < -0.39 is 59.0 Å². The van der Waals surface area contributed by atoms with Gasteiger partial charge in [-0.05, 0) is 30.3 Å². The van der Waals surface area contributed by atoms with Crippen LogP contribution in [0.2, 0.25) is 0 Å². The summed E-state index contributed by atoms with van der Waals surface area (Å²) < 4.78 is 94.6. The standard InChI is InChI=1S/C17H11F7N2O3/c18-13-4-2-1-3-12(13)15(28)26-25-14(27)8-29-11-6-9(16(19,20)21)5-10(7-11)17(22,23)24/h1-7H,8H2,(H,25,27)(H,26,28). The highest BCUT2D eigenvalue weighted by Gasteiger charge is 2.37. The lowest BCUT2D eigenvalue weighted by Crippen LogP contribution is -2.44. The molecule has 2 aromatic rings. The fraction of sp³-hybridized carbons (Fsp3) is 0.176.